The number of hydrogen-bond donors (Lipinski definition) is 1. The fourth-order valence-corrected chi connectivity index (χ4v) is 12.3. The normalized spacial score (nSPS) is 21.2. The number of aryl methyl sites for hydroxylation is 2. The van der Waals surface area contributed by atoms with E-state index in [4.69, 9.17) is 19.1 Å². The third kappa shape index (κ3) is 7.15. The van der Waals surface area contributed by atoms with Crippen molar-refractivity contribution in [2.75, 3.05) is 64.3 Å². The van der Waals surface area contributed by atoms with E-state index in [1.807, 2.05) is 40.7 Å². The second-order valence-electron chi connectivity index (χ2n) is 19.4. The van der Waals surface area contributed by atoms with E-state index in [0.29, 0.717) is 116 Å². The fraction of sp³-hybridized carbons (Fsp3) is 0.420. The van der Waals surface area contributed by atoms with Crippen molar-refractivity contribution >= 4 is 34.9 Å². The van der Waals surface area contributed by atoms with Gasteiger partial charge in [-0.3, -0.25) is 23.4 Å². The van der Waals surface area contributed by atoms with Gasteiger partial charge in [-0.1, -0.05) is 18.1 Å². The van der Waals surface area contributed by atoms with E-state index < -0.39 is 24.5 Å². The molecule has 3 fully saturated rings. The molecule has 0 spiro atoms. The second kappa shape index (κ2) is 16.4. The Morgan fingerprint density at radius 3 is 2.26 bits per heavy atom. The molecule has 2 saturated heterocycles. The molecule has 0 unspecified atom stereocenters. The zero-order valence-corrected chi connectivity index (χ0v) is 40.0. The van der Waals surface area contributed by atoms with Gasteiger partial charge < -0.3 is 28.4 Å². The number of carbonyl (C=O) groups excluding carboxylic acids is 1. The van der Waals surface area contributed by atoms with Crippen LogP contribution in [0.3, 0.4) is 0 Å². The van der Waals surface area contributed by atoms with Crippen molar-refractivity contribution < 1.29 is 27.7 Å². The van der Waals surface area contributed by atoms with Gasteiger partial charge in [-0.05, 0) is 130 Å². The van der Waals surface area contributed by atoms with Crippen molar-refractivity contribution in [1.29, 1.82) is 0 Å². The predicted octanol–water partition coefficient (Wildman–Crippen LogP) is 6.72. The minimum absolute atomic E-state index is 0.0175. The lowest BCUT2D eigenvalue weighted by atomic mass is 9.91. The summed E-state index contributed by atoms with van der Waals surface area (Å²) in [6.45, 7) is 15.0. The van der Waals surface area contributed by atoms with Gasteiger partial charge in [-0.15, -0.1) is 0 Å². The number of benzene rings is 3. The number of amides is 1. The molecule has 1 N–H and O–H groups in total. The highest BCUT2D eigenvalue weighted by Crippen LogP contribution is 2.56. The minimum Gasteiger partial charge on any atom is -0.381 e. The van der Waals surface area contributed by atoms with E-state index in [-0.39, 0.29) is 23.3 Å². The molecule has 1 saturated carbocycles. The van der Waals surface area contributed by atoms with Crippen LogP contribution in [-0.2, 0) is 26.0 Å². The van der Waals surface area contributed by atoms with E-state index in [1.54, 1.807) is 65.5 Å². The molecule has 16 nitrogen and oxygen atoms in total. The maximum absolute atomic E-state index is 15.6. The largest absolute Gasteiger partial charge is 0.438 e. The van der Waals surface area contributed by atoms with E-state index in [2.05, 4.69) is 40.2 Å². The standard InChI is InChI=1S/C50H55FN9O7P/c1-29-23-37(24-30(2)44(29)51)60-45(58-16-15-57(49(58)63)36-8-10-42(68(5,6)64)40(27-36)55-17-21-66-22-18-55)43-32(4)56(14-11-38(43)53-60)46(61)41-26-35-25-34(33-12-19-65-20-13-33)7-9-39(35)59(41)50(28-31(50)3)47-52-48(62)67-54-47/h7-10,15-16,23-27,31-33H,11-14,17-22,28H2,1-6H3,(H,52,54,62)/t31-,32-,50-/m0/s1. The van der Waals surface area contributed by atoms with Gasteiger partial charge in [0.15, 0.2) is 5.82 Å². The number of H-pyrrole nitrogens is 1. The molecule has 3 atom stereocenters. The van der Waals surface area contributed by atoms with Crippen molar-refractivity contribution in [2.45, 2.75) is 70.9 Å². The number of hydrogen-bond acceptors (Lipinski definition) is 10. The molecule has 68 heavy (non-hydrogen) atoms. The Bertz CT molecular complexity index is 3300. The highest BCUT2D eigenvalue weighted by molar-refractivity contribution is 7.70. The Hall–Kier alpha value is -6.29. The van der Waals surface area contributed by atoms with Crippen molar-refractivity contribution in [3.8, 4) is 17.2 Å². The van der Waals surface area contributed by atoms with Gasteiger partial charge in [0, 0.05) is 79.1 Å². The number of halogens is 1. The summed E-state index contributed by atoms with van der Waals surface area (Å²) < 4.78 is 52.0. The molecule has 0 radical (unpaired) electrons. The first-order valence-corrected chi connectivity index (χ1v) is 26.1. The number of carbonyl (C=O) groups is 1. The molecule has 0 bridgehead atoms. The molecule has 3 aromatic carbocycles. The lowest BCUT2D eigenvalue weighted by Crippen LogP contribution is -2.41. The van der Waals surface area contributed by atoms with Crippen LogP contribution in [-0.4, -0.2) is 104 Å². The molecular formula is C50H55FN9O7P. The lowest BCUT2D eigenvalue weighted by molar-refractivity contribution is 0.0663. The van der Waals surface area contributed by atoms with Crippen LogP contribution >= 0.6 is 7.14 Å². The maximum atomic E-state index is 15.6. The average Bonchev–Trinajstić information content (AvgIpc) is 3.83. The Morgan fingerprint density at radius 2 is 1.59 bits per heavy atom. The van der Waals surface area contributed by atoms with Crippen LogP contribution in [0.5, 0.6) is 0 Å². The predicted molar refractivity (Wildman–Crippen MR) is 256 cm³/mol. The molecule has 7 aromatic rings. The first kappa shape index (κ1) is 44.2. The topological polar surface area (TPSA) is 168 Å². The summed E-state index contributed by atoms with van der Waals surface area (Å²) in [5, 5.41) is 11.0. The van der Waals surface area contributed by atoms with Crippen LogP contribution in [0.15, 0.2) is 81.1 Å². The molecule has 1 aliphatic carbocycles. The van der Waals surface area contributed by atoms with Crippen molar-refractivity contribution in [1.82, 2.24) is 38.5 Å². The average molecular weight is 944 g/mol. The zero-order valence-electron chi connectivity index (χ0n) is 39.1. The fourth-order valence-electron chi connectivity index (χ4n) is 11.1. The number of rotatable bonds is 9. The van der Waals surface area contributed by atoms with Crippen LogP contribution in [0.1, 0.15) is 89.3 Å². The highest BCUT2D eigenvalue weighted by Gasteiger charge is 2.59. The van der Waals surface area contributed by atoms with Crippen molar-refractivity contribution in [2.24, 2.45) is 5.92 Å². The summed E-state index contributed by atoms with van der Waals surface area (Å²) >= 11 is 0. The second-order valence-corrected chi connectivity index (χ2v) is 22.6. The van der Waals surface area contributed by atoms with Gasteiger partial charge in [-0.2, -0.15) is 5.10 Å². The molecule has 354 valence electrons. The number of nitrogens with one attached hydrogen (secondary N) is 1. The molecule has 4 aromatic heterocycles. The SMILES string of the molecule is Cc1cc(-n2nc3c(c2-n2ccn(-c4ccc(P(C)(C)=O)c(N5CCOCC5)c4)c2=O)[C@H](C)N(C(=O)c2cc4cc(C5CCOCC5)ccc4n2[C@@]2(c4noc(=O)[nH]4)C[C@@H]2C)CC3)cc(C)c1F. The molecule has 11 rings (SSSR count). The summed E-state index contributed by atoms with van der Waals surface area (Å²) in [4.78, 5) is 49.8. The van der Waals surface area contributed by atoms with Crippen LogP contribution in [0.25, 0.3) is 28.1 Å². The number of ether oxygens (including phenoxy) is 2. The first-order chi connectivity index (χ1) is 32.6. The summed E-state index contributed by atoms with van der Waals surface area (Å²) in [5.41, 5.74) is 5.48. The number of fused-ring (bicyclic) bond motifs is 2. The summed E-state index contributed by atoms with van der Waals surface area (Å²) in [6, 6.07) is 16.8. The van der Waals surface area contributed by atoms with Gasteiger partial charge in [0.2, 0.25) is 0 Å². The van der Waals surface area contributed by atoms with Crippen LogP contribution in [0, 0.1) is 25.6 Å². The smallest absolute Gasteiger partial charge is 0.381 e. The molecular weight excluding hydrogens is 889 g/mol. The molecule has 3 aliphatic heterocycles. The summed E-state index contributed by atoms with van der Waals surface area (Å²) in [6.07, 6.45) is 6.23. The Morgan fingerprint density at radius 1 is 0.882 bits per heavy atom. The molecule has 1 amide bonds. The molecule has 7 heterocycles. The van der Waals surface area contributed by atoms with E-state index >= 15 is 14.0 Å². The van der Waals surface area contributed by atoms with Crippen LogP contribution in [0.2, 0.25) is 0 Å². The third-order valence-corrected chi connectivity index (χ3v) is 16.3. The van der Waals surface area contributed by atoms with Gasteiger partial charge >= 0.3 is 11.4 Å². The van der Waals surface area contributed by atoms with Gasteiger partial charge in [-0.25, -0.2) is 18.7 Å². The van der Waals surface area contributed by atoms with E-state index in [1.165, 1.54) is 5.56 Å². The monoisotopic (exact) mass is 943 g/mol. The first-order valence-electron chi connectivity index (χ1n) is 23.5. The van der Waals surface area contributed by atoms with E-state index in [9.17, 15) is 9.36 Å². The van der Waals surface area contributed by atoms with Gasteiger partial charge in [0.25, 0.3) is 5.91 Å². The van der Waals surface area contributed by atoms with Crippen LogP contribution in [0.4, 0.5) is 10.1 Å². The summed E-state index contributed by atoms with van der Waals surface area (Å²) in [5.74, 6) is -0.0641. The summed E-state index contributed by atoms with van der Waals surface area (Å²) in [7, 11) is -2.71. The number of morpholine rings is 1. The highest BCUT2D eigenvalue weighted by atomic mass is 31.2. The lowest BCUT2D eigenvalue weighted by Gasteiger charge is -2.34. The van der Waals surface area contributed by atoms with Gasteiger partial charge in [0.1, 0.15) is 30.0 Å². The molecule has 4 aliphatic rings. The van der Waals surface area contributed by atoms with Crippen molar-refractivity contribution in [3.05, 3.63) is 133 Å². The minimum atomic E-state index is -2.71. The maximum Gasteiger partial charge on any atom is 0.438 e. The number of nitrogens with zero attached hydrogens (tertiary/aromatic N) is 8. The van der Waals surface area contributed by atoms with Crippen LogP contribution < -0.4 is 21.7 Å². The van der Waals surface area contributed by atoms with Gasteiger partial charge in [0.05, 0.1) is 36.3 Å². The van der Waals surface area contributed by atoms with Crippen molar-refractivity contribution in [3.63, 3.8) is 0 Å². The number of anilines is 1. The molecule has 18 heteroatoms. The quantitative estimate of drug-likeness (QED) is 0.154. The number of aromatic amines is 1. The van der Waals surface area contributed by atoms with E-state index in [0.717, 1.165) is 34.7 Å². The number of imidazole rings is 1. The zero-order chi connectivity index (χ0) is 47.4. The Kier molecular flexibility index (Phi) is 10.7. The third-order valence-electron chi connectivity index (χ3n) is 14.8. The Balaban J connectivity index is 1.05. The Labute approximate surface area is 391 Å². The number of aromatic nitrogens is 7.